The van der Waals surface area contributed by atoms with E-state index < -0.39 is 0 Å². The normalized spacial score (nSPS) is 17.1. The Balaban J connectivity index is 1.83. The first-order valence-corrected chi connectivity index (χ1v) is 7.40. The zero-order valence-corrected chi connectivity index (χ0v) is 12.4. The molecule has 2 N–H and O–H groups in total. The molecule has 0 radical (unpaired) electrons. The molecular weight excluding hydrogens is 252 g/mol. The van der Waals surface area contributed by atoms with Crippen LogP contribution < -0.4 is 5.32 Å². The highest BCUT2D eigenvalue weighted by Crippen LogP contribution is 2.19. The zero-order chi connectivity index (χ0) is 14.5. The van der Waals surface area contributed by atoms with Crippen molar-refractivity contribution in [1.29, 1.82) is 0 Å². The summed E-state index contributed by atoms with van der Waals surface area (Å²) in [4.78, 5) is 14.5. The quantitative estimate of drug-likeness (QED) is 0.886. The molecule has 20 heavy (non-hydrogen) atoms. The lowest BCUT2D eigenvalue weighted by Crippen LogP contribution is -2.38. The van der Waals surface area contributed by atoms with Crippen LogP contribution in [0.3, 0.4) is 0 Å². The van der Waals surface area contributed by atoms with E-state index in [1.807, 2.05) is 13.0 Å². The number of hydrogen-bond acceptors (Lipinski definition) is 3. The fraction of sp³-hybridized carbons (Fsp3) is 0.562. The largest absolute Gasteiger partial charge is 0.507 e. The molecule has 1 aromatic carbocycles. The van der Waals surface area contributed by atoms with Crippen molar-refractivity contribution in [3.63, 3.8) is 0 Å². The monoisotopic (exact) mass is 276 g/mol. The van der Waals surface area contributed by atoms with Gasteiger partial charge in [-0.3, -0.25) is 4.79 Å². The molecule has 1 saturated heterocycles. The van der Waals surface area contributed by atoms with Crippen molar-refractivity contribution in [2.45, 2.75) is 26.7 Å². The Hall–Kier alpha value is -1.55. The van der Waals surface area contributed by atoms with Crippen LogP contribution in [0, 0.1) is 12.8 Å². The highest BCUT2D eigenvalue weighted by molar-refractivity contribution is 5.96. The van der Waals surface area contributed by atoms with E-state index >= 15 is 0 Å². The number of hydrogen-bond donors (Lipinski definition) is 2. The number of aryl methyl sites for hydroxylation is 1. The third-order valence-electron chi connectivity index (χ3n) is 4.10. The number of phenolic OH excluding ortho intramolecular Hbond substituents is 1. The van der Waals surface area contributed by atoms with Crippen molar-refractivity contribution >= 4 is 5.91 Å². The van der Waals surface area contributed by atoms with Crippen LogP contribution in [-0.2, 0) is 0 Å². The smallest absolute Gasteiger partial charge is 0.255 e. The molecule has 1 heterocycles. The van der Waals surface area contributed by atoms with Gasteiger partial charge in [0.25, 0.3) is 5.91 Å². The molecule has 0 aromatic heterocycles. The molecule has 110 valence electrons. The Morgan fingerprint density at radius 1 is 1.40 bits per heavy atom. The number of likely N-dealkylation sites (tertiary alicyclic amines) is 1. The fourth-order valence-electron chi connectivity index (χ4n) is 2.67. The first-order chi connectivity index (χ1) is 9.60. The molecule has 0 saturated carbocycles. The van der Waals surface area contributed by atoms with Gasteiger partial charge >= 0.3 is 0 Å². The molecule has 1 fully saturated rings. The number of aromatic hydroxyl groups is 1. The number of piperidine rings is 1. The minimum atomic E-state index is -0.180. The maximum atomic E-state index is 12.1. The number of benzene rings is 1. The molecule has 4 nitrogen and oxygen atoms in total. The summed E-state index contributed by atoms with van der Waals surface area (Å²) in [5, 5.41) is 12.7. The zero-order valence-electron chi connectivity index (χ0n) is 12.4. The first-order valence-electron chi connectivity index (χ1n) is 7.40. The molecule has 2 rings (SSSR count). The van der Waals surface area contributed by atoms with Crippen LogP contribution in [0.15, 0.2) is 18.2 Å². The fourth-order valence-corrected chi connectivity index (χ4v) is 2.67. The van der Waals surface area contributed by atoms with E-state index in [9.17, 15) is 9.90 Å². The van der Waals surface area contributed by atoms with Gasteiger partial charge < -0.3 is 15.3 Å². The molecule has 1 aliphatic rings. The van der Waals surface area contributed by atoms with E-state index in [0.29, 0.717) is 18.0 Å². The van der Waals surface area contributed by atoms with Gasteiger partial charge in [-0.05, 0) is 63.0 Å². The molecule has 4 heteroatoms. The molecule has 1 amide bonds. The lowest BCUT2D eigenvalue weighted by molar-refractivity contribution is 0.0934. The van der Waals surface area contributed by atoms with Crippen LogP contribution in [0.1, 0.15) is 35.7 Å². The SMILES string of the molecule is CCN1CCC(CNC(=O)c2ccc(C)cc2O)CC1. The van der Waals surface area contributed by atoms with E-state index in [2.05, 4.69) is 17.1 Å². The van der Waals surface area contributed by atoms with E-state index in [1.165, 1.54) is 0 Å². The summed E-state index contributed by atoms with van der Waals surface area (Å²) in [6.45, 7) is 8.12. The summed E-state index contributed by atoms with van der Waals surface area (Å²) in [5.41, 5.74) is 1.31. The van der Waals surface area contributed by atoms with Gasteiger partial charge in [0.2, 0.25) is 0 Å². The van der Waals surface area contributed by atoms with Gasteiger partial charge in [0.15, 0.2) is 0 Å². The highest BCUT2D eigenvalue weighted by Gasteiger charge is 2.19. The van der Waals surface area contributed by atoms with Gasteiger partial charge in [-0.15, -0.1) is 0 Å². The number of carbonyl (C=O) groups excluding carboxylic acids is 1. The van der Waals surface area contributed by atoms with Gasteiger partial charge in [0, 0.05) is 6.54 Å². The Morgan fingerprint density at radius 3 is 2.70 bits per heavy atom. The van der Waals surface area contributed by atoms with Crippen molar-refractivity contribution in [1.82, 2.24) is 10.2 Å². The number of amides is 1. The number of phenols is 1. The third-order valence-corrected chi connectivity index (χ3v) is 4.10. The molecule has 0 bridgehead atoms. The number of nitrogens with one attached hydrogen (secondary N) is 1. The van der Waals surface area contributed by atoms with Gasteiger partial charge in [-0.1, -0.05) is 13.0 Å². The third kappa shape index (κ3) is 3.73. The molecule has 0 atom stereocenters. The van der Waals surface area contributed by atoms with E-state index in [0.717, 1.165) is 38.0 Å². The van der Waals surface area contributed by atoms with E-state index in [4.69, 9.17) is 0 Å². The predicted octanol–water partition coefficient (Wildman–Crippen LogP) is 2.16. The summed E-state index contributed by atoms with van der Waals surface area (Å²) in [6.07, 6.45) is 2.27. The van der Waals surface area contributed by atoms with Crippen molar-refractivity contribution in [3.8, 4) is 5.75 Å². The summed E-state index contributed by atoms with van der Waals surface area (Å²) < 4.78 is 0. The lowest BCUT2D eigenvalue weighted by atomic mass is 9.96. The second-order valence-corrected chi connectivity index (χ2v) is 5.61. The minimum absolute atomic E-state index is 0.0586. The first kappa shape index (κ1) is 14.9. The molecule has 0 spiro atoms. The van der Waals surface area contributed by atoms with Gasteiger partial charge in [-0.25, -0.2) is 0 Å². The van der Waals surface area contributed by atoms with Crippen LogP contribution in [0.5, 0.6) is 5.75 Å². The lowest BCUT2D eigenvalue weighted by Gasteiger charge is -2.31. The van der Waals surface area contributed by atoms with Crippen molar-refractivity contribution in [2.75, 3.05) is 26.2 Å². The standard InChI is InChI=1S/C16H24N2O2/c1-3-18-8-6-13(7-9-18)11-17-16(20)14-5-4-12(2)10-15(14)19/h4-5,10,13,19H,3,6-9,11H2,1-2H3,(H,17,20). The van der Waals surface area contributed by atoms with Crippen LogP contribution in [0.4, 0.5) is 0 Å². The Kier molecular flexibility index (Phi) is 5.01. The summed E-state index contributed by atoms with van der Waals surface area (Å²) in [7, 11) is 0. The van der Waals surface area contributed by atoms with Crippen LogP contribution >= 0.6 is 0 Å². The van der Waals surface area contributed by atoms with Crippen molar-refractivity contribution in [3.05, 3.63) is 29.3 Å². The van der Waals surface area contributed by atoms with Crippen LogP contribution in [-0.4, -0.2) is 42.1 Å². The molecule has 0 unspecified atom stereocenters. The molecule has 0 aliphatic carbocycles. The van der Waals surface area contributed by atoms with Crippen molar-refractivity contribution < 1.29 is 9.90 Å². The second-order valence-electron chi connectivity index (χ2n) is 5.61. The number of nitrogens with zero attached hydrogens (tertiary/aromatic N) is 1. The van der Waals surface area contributed by atoms with E-state index in [-0.39, 0.29) is 11.7 Å². The second kappa shape index (κ2) is 6.75. The van der Waals surface area contributed by atoms with Crippen LogP contribution in [0.25, 0.3) is 0 Å². The number of rotatable bonds is 4. The average Bonchev–Trinajstić information content (AvgIpc) is 2.45. The maximum Gasteiger partial charge on any atom is 0.255 e. The number of carbonyl (C=O) groups is 1. The Labute approximate surface area is 120 Å². The summed E-state index contributed by atoms with van der Waals surface area (Å²) in [5.74, 6) is 0.429. The molecule has 1 aliphatic heterocycles. The van der Waals surface area contributed by atoms with Crippen LogP contribution in [0.2, 0.25) is 0 Å². The van der Waals surface area contributed by atoms with Gasteiger partial charge in [0.05, 0.1) is 5.56 Å². The molecular formula is C16H24N2O2. The summed E-state index contributed by atoms with van der Waals surface area (Å²) >= 11 is 0. The van der Waals surface area contributed by atoms with Crippen molar-refractivity contribution in [2.24, 2.45) is 5.92 Å². The summed E-state index contributed by atoms with van der Waals surface area (Å²) in [6, 6.07) is 5.14. The Morgan fingerprint density at radius 2 is 2.10 bits per heavy atom. The van der Waals surface area contributed by atoms with E-state index in [1.54, 1.807) is 12.1 Å². The van der Waals surface area contributed by atoms with Gasteiger partial charge in [-0.2, -0.15) is 0 Å². The van der Waals surface area contributed by atoms with Gasteiger partial charge in [0.1, 0.15) is 5.75 Å². The highest BCUT2D eigenvalue weighted by atomic mass is 16.3. The Bertz CT molecular complexity index is 466. The maximum absolute atomic E-state index is 12.1. The average molecular weight is 276 g/mol. The molecule has 1 aromatic rings. The minimum Gasteiger partial charge on any atom is -0.507 e. The predicted molar refractivity (Wildman–Crippen MR) is 80.0 cm³/mol. The topological polar surface area (TPSA) is 52.6 Å².